The second kappa shape index (κ2) is 12.7. The minimum absolute atomic E-state index is 0.000474. The molecule has 35 heavy (non-hydrogen) atoms. The highest BCUT2D eigenvalue weighted by molar-refractivity contribution is 5.33. The van der Waals surface area contributed by atoms with Gasteiger partial charge in [-0.15, -0.1) is 0 Å². The summed E-state index contributed by atoms with van der Waals surface area (Å²) in [6, 6.07) is 9.82. The molecule has 0 spiro atoms. The van der Waals surface area contributed by atoms with E-state index >= 15 is 0 Å². The van der Waals surface area contributed by atoms with Crippen LogP contribution in [0.3, 0.4) is 0 Å². The van der Waals surface area contributed by atoms with Crippen LogP contribution in [0.2, 0.25) is 0 Å². The zero-order chi connectivity index (χ0) is 25.4. The lowest BCUT2D eigenvalue weighted by Crippen LogP contribution is -2.04. The highest BCUT2D eigenvalue weighted by Crippen LogP contribution is 2.25. The zero-order valence-electron chi connectivity index (χ0n) is 20.2. The molecule has 6 heteroatoms. The van der Waals surface area contributed by atoms with E-state index in [1.54, 1.807) is 12.1 Å². The quantitative estimate of drug-likeness (QED) is 0.184. The van der Waals surface area contributed by atoms with Crippen molar-refractivity contribution in [3.8, 4) is 5.75 Å². The Bertz CT molecular complexity index is 1100. The van der Waals surface area contributed by atoms with Gasteiger partial charge < -0.3 is 4.74 Å². The molecule has 0 atom stereocenters. The molecule has 0 unspecified atom stereocenters. The van der Waals surface area contributed by atoms with Crippen molar-refractivity contribution in [3.05, 3.63) is 99.4 Å². The van der Waals surface area contributed by atoms with E-state index in [0.29, 0.717) is 35.1 Å². The van der Waals surface area contributed by atoms with E-state index in [4.69, 9.17) is 4.74 Å². The van der Waals surface area contributed by atoms with E-state index in [-0.39, 0.29) is 43.6 Å². The normalized spacial score (nSPS) is 11.2. The topological polar surface area (TPSA) is 9.23 Å². The third-order valence-electron chi connectivity index (χ3n) is 6.01. The minimum Gasteiger partial charge on any atom is -0.488 e. The highest BCUT2D eigenvalue weighted by Gasteiger charge is 2.15. The number of halogens is 5. The number of aryl methyl sites for hydroxylation is 4. The largest absolute Gasteiger partial charge is 0.488 e. The van der Waals surface area contributed by atoms with Crippen molar-refractivity contribution in [3.63, 3.8) is 0 Å². The summed E-state index contributed by atoms with van der Waals surface area (Å²) in [5, 5.41) is 0. The summed E-state index contributed by atoms with van der Waals surface area (Å²) in [4.78, 5) is 0. The smallest absolute Gasteiger partial charge is 0.190 e. The lowest BCUT2D eigenvalue weighted by atomic mass is 9.98. The van der Waals surface area contributed by atoms with Gasteiger partial charge in [0, 0.05) is 5.56 Å². The van der Waals surface area contributed by atoms with Gasteiger partial charge in [0.25, 0.3) is 0 Å². The van der Waals surface area contributed by atoms with E-state index in [9.17, 15) is 22.0 Å². The molecule has 0 aliphatic rings. The standard InChI is InChI=1S/C29H31F5O/c1-3-5-13-35-29-27(33)17-21(18-28(29)34)8-11-22-10-7-19(14-24(22)30)9-12-23-25(31)15-20(6-4-2)16-26(23)32/h7,10,14-18H,3-6,8-9,11-13H2,1-2H3. The van der Waals surface area contributed by atoms with Crippen molar-refractivity contribution < 1.29 is 26.7 Å². The molecular formula is C29H31F5O. The summed E-state index contributed by atoms with van der Waals surface area (Å²) < 4.78 is 77.0. The molecule has 0 aliphatic heterocycles. The Kier molecular flexibility index (Phi) is 9.70. The van der Waals surface area contributed by atoms with Crippen LogP contribution in [0.1, 0.15) is 60.9 Å². The first-order valence-electron chi connectivity index (χ1n) is 12.2. The van der Waals surface area contributed by atoms with Gasteiger partial charge in [-0.25, -0.2) is 22.0 Å². The van der Waals surface area contributed by atoms with Crippen LogP contribution in [-0.4, -0.2) is 6.61 Å². The van der Waals surface area contributed by atoms with Gasteiger partial charge in [-0.2, -0.15) is 0 Å². The van der Waals surface area contributed by atoms with Gasteiger partial charge in [0.1, 0.15) is 17.5 Å². The molecule has 0 heterocycles. The summed E-state index contributed by atoms with van der Waals surface area (Å²) in [6.45, 7) is 4.14. The fourth-order valence-corrected chi connectivity index (χ4v) is 4.04. The summed E-state index contributed by atoms with van der Waals surface area (Å²) in [5.41, 5.74) is 2.05. The number of ether oxygens (including phenoxy) is 1. The number of unbranched alkanes of at least 4 members (excludes halogenated alkanes) is 1. The maximum absolute atomic E-state index is 14.7. The van der Waals surface area contributed by atoms with E-state index in [2.05, 4.69) is 0 Å². The summed E-state index contributed by atoms with van der Waals surface area (Å²) in [5.74, 6) is -3.53. The number of hydrogen-bond donors (Lipinski definition) is 0. The van der Waals surface area contributed by atoms with Crippen LogP contribution in [0.4, 0.5) is 22.0 Å². The first-order valence-corrected chi connectivity index (χ1v) is 12.2. The van der Waals surface area contributed by atoms with Crippen molar-refractivity contribution >= 4 is 0 Å². The van der Waals surface area contributed by atoms with Gasteiger partial charge >= 0.3 is 0 Å². The SMILES string of the molecule is CCCCOc1c(F)cc(CCc2ccc(CCc3c(F)cc(CCC)cc3F)cc2F)cc1F. The summed E-state index contributed by atoms with van der Waals surface area (Å²) >= 11 is 0. The molecule has 3 rings (SSSR count). The Morgan fingerprint density at radius 2 is 1.14 bits per heavy atom. The molecule has 0 aromatic heterocycles. The lowest BCUT2D eigenvalue weighted by molar-refractivity contribution is 0.278. The molecule has 0 saturated heterocycles. The predicted molar refractivity (Wildman–Crippen MR) is 128 cm³/mol. The monoisotopic (exact) mass is 490 g/mol. The maximum Gasteiger partial charge on any atom is 0.190 e. The fraction of sp³-hybridized carbons (Fsp3) is 0.379. The molecule has 0 fully saturated rings. The third kappa shape index (κ3) is 7.30. The number of rotatable bonds is 12. The molecule has 3 aromatic rings. The third-order valence-corrected chi connectivity index (χ3v) is 6.01. The van der Waals surface area contributed by atoms with Crippen LogP contribution in [0, 0.1) is 29.1 Å². The van der Waals surface area contributed by atoms with Gasteiger partial charge in [0.05, 0.1) is 6.61 Å². The lowest BCUT2D eigenvalue weighted by Gasteiger charge is -2.11. The molecule has 0 N–H and O–H groups in total. The molecule has 188 valence electrons. The van der Waals surface area contributed by atoms with Crippen molar-refractivity contribution in [1.82, 2.24) is 0 Å². The Hall–Kier alpha value is -2.89. The van der Waals surface area contributed by atoms with Crippen molar-refractivity contribution in [2.24, 2.45) is 0 Å². The van der Waals surface area contributed by atoms with Crippen LogP contribution in [0.5, 0.6) is 5.75 Å². The average molecular weight is 491 g/mol. The van der Waals surface area contributed by atoms with Crippen LogP contribution >= 0.6 is 0 Å². The molecule has 0 amide bonds. The van der Waals surface area contributed by atoms with Gasteiger partial charge in [0.15, 0.2) is 17.4 Å². The van der Waals surface area contributed by atoms with Crippen molar-refractivity contribution in [2.45, 2.75) is 65.2 Å². The molecular weight excluding hydrogens is 459 g/mol. The van der Waals surface area contributed by atoms with E-state index in [1.807, 2.05) is 13.8 Å². The Morgan fingerprint density at radius 1 is 0.571 bits per heavy atom. The molecule has 1 nitrogen and oxygen atoms in total. The summed E-state index contributed by atoms with van der Waals surface area (Å²) in [6.07, 6.45) is 3.87. The van der Waals surface area contributed by atoms with Gasteiger partial charge in [-0.1, -0.05) is 38.8 Å². The average Bonchev–Trinajstić information content (AvgIpc) is 2.80. The van der Waals surface area contributed by atoms with Crippen molar-refractivity contribution in [1.29, 1.82) is 0 Å². The molecule has 0 aliphatic carbocycles. The van der Waals surface area contributed by atoms with Gasteiger partial charge in [0.2, 0.25) is 0 Å². The molecule has 0 radical (unpaired) electrons. The first kappa shape index (κ1) is 26.7. The Labute approximate surface area is 204 Å². The molecule has 0 bridgehead atoms. The molecule has 0 saturated carbocycles. The fourth-order valence-electron chi connectivity index (χ4n) is 4.04. The Morgan fingerprint density at radius 3 is 1.74 bits per heavy atom. The van der Waals surface area contributed by atoms with Crippen LogP contribution < -0.4 is 4.74 Å². The number of hydrogen-bond acceptors (Lipinski definition) is 1. The predicted octanol–water partition coefficient (Wildman–Crippen LogP) is 8.08. The van der Waals surface area contributed by atoms with Gasteiger partial charge in [-0.05, 0) is 91.1 Å². The number of benzene rings is 3. The van der Waals surface area contributed by atoms with E-state index in [1.165, 1.54) is 30.3 Å². The van der Waals surface area contributed by atoms with Crippen LogP contribution in [0.25, 0.3) is 0 Å². The van der Waals surface area contributed by atoms with E-state index < -0.39 is 29.1 Å². The zero-order valence-corrected chi connectivity index (χ0v) is 20.2. The first-order chi connectivity index (χ1) is 16.8. The molecule has 3 aromatic carbocycles. The van der Waals surface area contributed by atoms with Crippen LogP contribution in [0.15, 0.2) is 42.5 Å². The van der Waals surface area contributed by atoms with Crippen LogP contribution in [-0.2, 0) is 32.1 Å². The van der Waals surface area contributed by atoms with Crippen molar-refractivity contribution in [2.75, 3.05) is 6.61 Å². The minimum atomic E-state index is -0.769. The van der Waals surface area contributed by atoms with Gasteiger partial charge in [-0.3, -0.25) is 0 Å². The highest BCUT2D eigenvalue weighted by atomic mass is 19.1. The Balaban J connectivity index is 1.61. The second-order valence-corrected chi connectivity index (χ2v) is 8.80. The van der Waals surface area contributed by atoms with E-state index in [0.717, 1.165) is 12.8 Å². The maximum atomic E-state index is 14.7. The second-order valence-electron chi connectivity index (χ2n) is 8.80. The summed E-state index contributed by atoms with van der Waals surface area (Å²) in [7, 11) is 0.